The third-order valence-electron chi connectivity index (χ3n) is 2.42. The molecule has 1 unspecified atom stereocenters. The van der Waals surface area contributed by atoms with Crippen LogP contribution in [0.15, 0.2) is 18.2 Å². The minimum absolute atomic E-state index is 0.00732. The predicted octanol–water partition coefficient (Wildman–Crippen LogP) is 2.06. The van der Waals surface area contributed by atoms with E-state index in [9.17, 15) is 9.59 Å². The molecule has 4 nitrogen and oxygen atoms in total. The Labute approximate surface area is 97.1 Å². The molecular formula is C11H9ClO4. The number of methoxy groups -OCH3 is 1. The Morgan fingerprint density at radius 1 is 1.56 bits per heavy atom. The molecule has 0 fully saturated rings. The van der Waals surface area contributed by atoms with Crippen molar-refractivity contribution in [3.8, 4) is 5.75 Å². The van der Waals surface area contributed by atoms with Gasteiger partial charge >= 0.3 is 5.97 Å². The smallest absolute Gasteiger partial charge is 0.339 e. The Morgan fingerprint density at radius 2 is 2.31 bits per heavy atom. The lowest BCUT2D eigenvalue weighted by Gasteiger charge is -2.07. The Balaban J connectivity index is 2.36. The molecule has 0 spiro atoms. The quantitative estimate of drug-likeness (QED) is 0.600. The van der Waals surface area contributed by atoms with Crippen molar-refractivity contribution >= 4 is 22.8 Å². The van der Waals surface area contributed by atoms with E-state index in [4.69, 9.17) is 21.1 Å². The van der Waals surface area contributed by atoms with E-state index in [-0.39, 0.29) is 6.42 Å². The normalized spacial score (nSPS) is 17.9. The summed E-state index contributed by atoms with van der Waals surface area (Å²) in [4.78, 5) is 22.3. The lowest BCUT2D eigenvalue weighted by atomic mass is 10.0. The molecule has 16 heavy (non-hydrogen) atoms. The molecule has 0 saturated carbocycles. The average molecular weight is 241 g/mol. The van der Waals surface area contributed by atoms with Gasteiger partial charge in [0.1, 0.15) is 11.9 Å². The van der Waals surface area contributed by atoms with Crippen LogP contribution in [0.1, 0.15) is 28.4 Å². The minimum atomic E-state index is -0.571. The first-order chi connectivity index (χ1) is 7.61. The van der Waals surface area contributed by atoms with E-state index in [2.05, 4.69) is 0 Å². The number of hydrogen-bond donors (Lipinski definition) is 0. The maximum absolute atomic E-state index is 11.5. The second kappa shape index (κ2) is 4.14. The number of cyclic esters (lactones) is 1. The number of benzene rings is 1. The molecule has 0 N–H and O–H groups in total. The summed E-state index contributed by atoms with van der Waals surface area (Å²) in [6.45, 7) is 0. The van der Waals surface area contributed by atoms with Crippen molar-refractivity contribution in [2.75, 3.05) is 7.11 Å². The van der Waals surface area contributed by atoms with Gasteiger partial charge in [-0.15, -0.1) is 0 Å². The van der Waals surface area contributed by atoms with Crippen LogP contribution in [0.2, 0.25) is 0 Å². The Kier molecular flexibility index (Phi) is 2.83. The molecule has 1 heterocycles. The molecule has 0 bridgehead atoms. The summed E-state index contributed by atoms with van der Waals surface area (Å²) in [7, 11) is 1.52. The SMILES string of the molecule is COc1ccc2c(c1)C(=O)OC2CC(=O)Cl. The van der Waals surface area contributed by atoms with E-state index in [1.807, 2.05) is 0 Å². The van der Waals surface area contributed by atoms with Crippen molar-refractivity contribution in [3.05, 3.63) is 29.3 Å². The molecule has 0 amide bonds. The van der Waals surface area contributed by atoms with Gasteiger partial charge in [0.05, 0.1) is 19.1 Å². The van der Waals surface area contributed by atoms with Crippen LogP contribution < -0.4 is 4.74 Å². The number of hydrogen-bond acceptors (Lipinski definition) is 4. The van der Waals surface area contributed by atoms with Gasteiger partial charge in [0.25, 0.3) is 0 Å². The Bertz CT molecular complexity index is 455. The van der Waals surface area contributed by atoms with E-state index in [1.165, 1.54) is 7.11 Å². The van der Waals surface area contributed by atoms with Gasteiger partial charge in [-0.05, 0) is 23.7 Å². The van der Waals surface area contributed by atoms with E-state index in [1.54, 1.807) is 18.2 Å². The summed E-state index contributed by atoms with van der Waals surface area (Å²) in [6, 6.07) is 5.02. The highest BCUT2D eigenvalue weighted by atomic mass is 35.5. The van der Waals surface area contributed by atoms with Crippen LogP contribution in [0.4, 0.5) is 0 Å². The van der Waals surface area contributed by atoms with E-state index >= 15 is 0 Å². The van der Waals surface area contributed by atoms with Crippen LogP contribution in [-0.4, -0.2) is 18.3 Å². The number of fused-ring (bicyclic) bond motifs is 1. The highest BCUT2D eigenvalue weighted by Gasteiger charge is 2.32. The van der Waals surface area contributed by atoms with Crippen LogP contribution in [-0.2, 0) is 9.53 Å². The van der Waals surface area contributed by atoms with Crippen LogP contribution in [0.25, 0.3) is 0 Å². The molecule has 0 radical (unpaired) electrons. The van der Waals surface area contributed by atoms with Gasteiger partial charge in [0.15, 0.2) is 0 Å². The lowest BCUT2D eigenvalue weighted by molar-refractivity contribution is -0.113. The van der Waals surface area contributed by atoms with Crippen molar-refractivity contribution in [1.82, 2.24) is 0 Å². The van der Waals surface area contributed by atoms with Crippen molar-refractivity contribution < 1.29 is 19.1 Å². The number of ether oxygens (including phenoxy) is 2. The van der Waals surface area contributed by atoms with Gasteiger partial charge in [0.2, 0.25) is 5.24 Å². The van der Waals surface area contributed by atoms with Gasteiger partial charge in [-0.2, -0.15) is 0 Å². The summed E-state index contributed by atoms with van der Waals surface area (Å²) in [5.74, 6) is 0.130. The Morgan fingerprint density at radius 3 is 2.94 bits per heavy atom. The first-order valence-electron chi connectivity index (χ1n) is 4.69. The topological polar surface area (TPSA) is 52.6 Å². The molecule has 5 heteroatoms. The van der Waals surface area contributed by atoms with E-state index in [0.29, 0.717) is 16.9 Å². The molecule has 1 aliphatic heterocycles. The van der Waals surface area contributed by atoms with Gasteiger partial charge in [-0.1, -0.05) is 6.07 Å². The fraction of sp³-hybridized carbons (Fsp3) is 0.273. The van der Waals surface area contributed by atoms with Crippen LogP contribution >= 0.6 is 11.6 Å². The standard InChI is InChI=1S/C11H9ClO4/c1-15-6-2-3-7-8(4-6)11(14)16-9(7)5-10(12)13/h2-4,9H,5H2,1H3. The zero-order chi connectivity index (χ0) is 11.7. The minimum Gasteiger partial charge on any atom is -0.497 e. The fourth-order valence-corrected chi connectivity index (χ4v) is 1.81. The molecule has 84 valence electrons. The van der Waals surface area contributed by atoms with Crippen molar-refractivity contribution in [1.29, 1.82) is 0 Å². The highest BCUT2D eigenvalue weighted by Crippen LogP contribution is 2.35. The largest absolute Gasteiger partial charge is 0.497 e. The second-order valence-corrected chi connectivity index (χ2v) is 3.83. The number of rotatable bonds is 3. The zero-order valence-electron chi connectivity index (χ0n) is 8.53. The molecular weight excluding hydrogens is 232 g/mol. The van der Waals surface area contributed by atoms with Gasteiger partial charge < -0.3 is 9.47 Å². The third-order valence-corrected chi connectivity index (χ3v) is 2.58. The predicted molar refractivity (Wildman–Crippen MR) is 56.6 cm³/mol. The highest BCUT2D eigenvalue weighted by molar-refractivity contribution is 6.63. The van der Waals surface area contributed by atoms with Crippen LogP contribution in [0.3, 0.4) is 0 Å². The number of esters is 1. The van der Waals surface area contributed by atoms with E-state index < -0.39 is 17.3 Å². The van der Waals surface area contributed by atoms with E-state index in [0.717, 1.165) is 0 Å². The second-order valence-electron chi connectivity index (χ2n) is 3.41. The average Bonchev–Trinajstić information content (AvgIpc) is 2.54. The zero-order valence-corrected chi connectivity index (χ0v) is 9.28. The van der Waals surface area contributed by atoms with Gasteiger partial charge in [-0.25, -0.2) is 4.79 Å². The molecule has 0 aromatic heterocycles. The molecule has 0 saturated heterocycles. The van der Waals surface area contributed by atoms with Crippen LogP contribution in [0, 0.1) is 0 Å². The molecule has 1 atom stereocenters. The molecule has 0 aliphatic carbocycles. The summed E-state index contributed by atoms with van der Waals surface area (Å²) in [5.41, 5.74) is 1.11. The van der Waals surface area contributed by atoms with Crippen molar-refractivity contribution in [2.45, 2.75) is 12.5 Å². The Hall–Kier alpha value is -1.55. The monoisotopic (exact) mass is 240 g/mol. The number of halogens is 1. The molecule has 1 aliphatic rings. The van der Waals surface area contributed by atoms with Crippen molar-refractivity contribution in [2.24, 2.45) is 0 Å². The van der Waals surface area contributed by atoms with Crippen molar-refractivity contribution in [3.63, 3.8) is 0 Å². The molecule has 1 aromatic carbocycles. The number of carbonyl (C=O) groups excluding carboxylic acids is 2. The summed E-state index contributed by atoms with van der Waals surface area (Å²) >= 11 is 5.28. The first-order valence-corrected chi connectivity index (χ1v) is 5.07. The molecule has 1 aromatic rings. The first kappa shape index (κ1) is 11.0. The van der Waals surface area contributed by atoms with Crippen LogP contribution in [0.5, 0.6) is 5.75 Å². The third kappa shape index (κ3) is 1.88. The molecule has 2 rings (SSSR count). The summed E-state index contributed by atoms with van der Waals surface area (Å²) < 4.78 is 10.0. The maximum Gasteiger partial charge on any atom is 0.339 e. The van der Waals surface area contributed by atoms with Gasteiger partial charge in [-0.3, -0.25) is 4.79 Å². The number of carbonyl (C=O) groups is 2. The van der Waals surface area contributed by atoms with Gasteiger partial charge in [0, 0.05) is 5.56 Å². The maximum atomic E-state index is 11.5. The lowest BCUT2D eigenvalue weighted by Crippen LogP contribution is -2.02. The fourth-order valence-electron chi connectivity index (χ4n) is 1.67. The summed E-state index contributed by atoms with van der Waals surface area (Å²) in [6.07, 6.45) is -0.578. The summed E-state index contributed by atoms with van der Waals surface area (Å²) in [5, 5.41) is -0.526.